The van der Waals surface area contributed by atoms with Gasteiger partial charge in [-0.15, -0.1) is 0 Å². The van der Waals surface area contributed by atoms with E-state index < -0.39 is 0 Å². The predicted octanol–water partition coefficient (Wildman–Crippen LogP) is 2.90. The van der Waals surface area contributed by atoms with Gasteiger partial charge in [0.2, 0.25) is 0 Å². The number of aryl methyl sites for hydroxylation is 1. The van der Waals surface area contributed by atoms with Crippen LogP contribution in [0.2, 0.25) is 5.15 Å². The molecule has 0 aromatic carbocycles. The third-order valence-electron chi connectivity index (χ3n) is 3.39. The van der Waals surface area contributed by atoms with E-state index >= 15 is 0 Å². The van der Waals surface area contributed by atoms with Gasteiger partial charge in [-0.3, -0.25) is 0 Å². The number of hydrogen-bond donors (Lipinski definition) is 3. The van der Waals surface area contributed by atoms with E-state index in [1.165, 1.54) is 0 Å². The Hall–Kier alpha value is -0.580. The number of aromatic amines is 1. The minimum Gasteiger partial charge on any atom is -0.396 e. The highest BCUT2D eigenvalue weighted by molar-refractivity contribution is 6.30. The average molecular weight is 288 g/mol. The number of nitrogens with zero attached hydrogens (tertiary/aromatic N) is 1. The number of H-pyrrole nitrogens is 1. The van der Waals surface area contributed by atoms with Crippen molar-refractivity contribution in [1.82, 2.24) is 15.3 Å². The molecule has 110 valence electrons. The standard InChI is InChI=1S/C14H26ClN3O/c1-3-5-6-13-17-12(14(15)18-13)10-16-9-11(4-2)7-8-19/h11,16,19H,3-10H2,1-2H3,(H,17,18). The molecule has 1 atom stereocenters. The van der Waals surface area contributed by atoms with Gasteiger partial charge >= 0.3 is 0 Å². The summed E-state index contributed by atoms with van der Waals surface area (Å²) < 4.78 is 0. The van der Waals surface area contributed by atoms with E-state index in [9.17, 15) is 0 Å². The molecule has 5 heteroatoms. The van der Waals surface area contributed by atoms with Crippen molar-refractivity contribution in [2.75, 3.05) is 13.2 Å². The van der Waals surface area contributed by atoms with Crippen molar-refractivity contribution in [3.63, 3.8) is 0 Å². The Bertz CT molecular complexity index is 354. The van der Waals surface area contributed by atoms with Crippen molar-refractivity contribution in [3.8, 4) is 0 Å². The maximum Gasteiger partial charge on any atom is 0.151 e. The van der Waals surface area contributed by atoms with E-state index in [1.54, 1.807) is 0 Å². The lowest BCUT2D eigenvalue weighted by Crippen LogP contribution is -2.23. The Morgan fingerprint density at radius 3 is 2.84 bits per heavy atom. The van der Waals surface area contributed by atoms with Crippen molar-refractivity contribution in [2.24, 2.45) is 5.92 Å². The first kappa shape index (κ1) is 16.5. The molecule has 0 radical (unpaired) electrons. The topological polar surface area (TPSA) is 60.9 Å². The number of imidazole rings is 1. The van der Waals surface area contributed by atoms with Crippen LogP contribution in [-0.4, -0.2) is 28.2 Å². The maximum atomic E-state index is 8.95. The van der Waals surface area contributed by atoms with E-state index in [-0.39, 0.29) is 6.61 Å². The van der Waals surface area contributed by atoms with Gasteiger partial charge in [-0.2, -0.15) is 0 Å². The molecule has 1 unspecified atom stereocenters. The van der Waals surface area contributed by atoms with Gasteiger partial charge in [0.1, 0.15) is 5.82 Å². The van der Waals surface area contributed by atoms with Crippen LogP contribution in [0.15, 0.2) is 0 Å². The molecule has 0 fully saturated rings. The molecule has 0 saturated heterocycles. The Morgan fingerprint density at radius 2 is 2.21 bits per heavy atom. The number of hydrogen-bond acceptors (Lipinski definition) is 3. The molecule has 1 aromatic rings. The molecular weight excluding hydrogens is 262 g/mol. The molecule has 0 bridgehead atoms. The normalized spacial score (nSPS) is 12.8. The molecule has 1 rings (SSSR count). The quantitative estimate of drug-likeness (QED) is 0.620. The Balaban J connectivity index is 2.37. The van der Waals surface area contributed by atoms with E-state index in [0.717, 1.165) is 50.2 Å². The third-order valence-corrected chi connectivity index (χ3v) is 3.71. The van der Waals surface area contributed by atoms with E-state index in [1.807, 2.05) is 0 Å². The van der Waals surface area contributed by atoms with E-state index in [2.05, 4.69) is 29.1 Å². The van der Waals surface area contributed by atoms with Crippen molar-refractivity contribution in [1.29, 1.82) is 0 Å². The highest BCUT2D eigenvalue weighted by Crippen LogP contribution is 2.14. The van der Waals surface area contributed by atoms with Gasteiger partial charge in [0.25, 0.3) is 0 Å². The summed E-state index contributed by atoms with van der Waals surface area (Å²) in [4.78, 5) is 7.62. The fourth-order valence-corrected chi connectivity index (χ4v) is 2.27. The van der Waals surface area contributed by atoms with Crippen LogP contribution in [0.25, 0.3) is 0 Å². The second-order valence-corrected chi connectivity index (χ2v) is 5.33. The number of rotatable bonds is 10. The molecule has 1 aromatic heterocycles. The van der Waals surface area contributed by atoms with Crippen LogP contribution in [0.1, 0.15) is 51.0 Å². The van der Waals surface area contributed by atoms with Crippen LogP contribution >= 0.6 is 11.6 Å². The second-order valence-electron chi connectivity index (χ2n) is 4.97. The molecule has 0 aliphatic rings. The summed E-state index contributed by atoms with van der Waals surface area (Å²) in [6.45, 7) is 6.18. The summed E-state index contributed by atoms with van der Waals surface area (Å²) in [6.07, 6.45) is 5.17. The molecule has 4 nitrogen and oxygen atoms in total. The summed E-state index contributed by atoms with van der Waals surface area (Å²) in [6, 6.07) is 0. The molecule has 3 N–H and O–H groups in total. The Morgan fingerprint density at radius 1 is 1.42 bits per heavy atom. The van der Waals surface area contributed by atoms with Gasteiger partial charge < -0.3 is 15.4 Å². The zero-order chi connectivity index (χ0) is 14.1. The van der Waals surface area contributed by atoms with Crippen LogP contribution in [0.3, 0.4) is 0 Å². The summed E-state index contributed by atoms with van der Waals surface area (Å²) in [5, 5.41) is 12.9. The average Bonchev–Trinajstić information content (AvgIpc) is 2.76. The molecule has 0 spiro atoms. The van der Waals surface area contributed by atoms with Gasteiger partial charge in [0, 0.05) is 19.6 Å². The highest BCUT2D eigenvalue weighted by atomic mass is 35.5. The first-order valence-corrected chi connectivity index (χ1v) is 7.63. The van der Waals surface area contributed by atoms with E-state index in [4.69, 9.17) is 16.7 Å². The summed E-state index contributed by atoms with van der Waals surface area (Å²) in [5.74, 6) is 1.50. The van der Waals surface area contributed by atoms with Crippen LogP contribution in [-0.2, 0) is 13.0 Å². The zero-order valence-corrected chi connectivity index (χ0v) is 12.8. The first-order chi connectivity index (χ1) is 9.21. The van der Waals surface area contributed by atoms with Gasteiger partial charge in [0.05, 0.1) is 5.69 Å². The summed E-state index contributed by atoms with van der Waals surface area (Å²) in [7, 11) is 0. The summed E-state index contributed by atoms with van der Waals surface area (Å²) in [5.41, 5.74) is 0.964. The third kappa shape index (κ3) is 5.93. The van der Waals surface area contributed by atoms with Crippen LogP contribution in [0.5, 0.6) is 0 Å². The van der Waals surface area contributed by atoms with Crippen LogP contribution < -0.4 is 5.32 Å². The van der Waals surface area contributed by atoms with Gasteiger partial charge in [-0.05, 0) is 25.3 Å². The van der Waals surface area contributed by atoms with Gasteiger partial charge in [0.15, 0.2) is 5.15 Å². The molecule has 19 heavy (non-hydrogen) atoms. The predicted molar refractivity (Wildman–Crippen MR) is 79.4 cm³/mol. The number of aromatic nitrogens is 2. The number of aliphatic hydroxyl groups is 1. The largest absolute Gasteiger partial charge is 0.396 e. The Labute approximate surface area is 121 Å². The minimum atomic E-state index is 0.256. The van der Waals surface area contributed by atoms with Gasteiger partial charge in [-0.1, -0.05) is 38.3 Å². The fourth-order valence-electron chi connectivity index (χ4n) is 2.05. The molecule has 0 saturated carbocycles. The monoisotopic (exact) mass is 287 g/mol. The van der Waals surface area contributed by atoms with Crippen molar-refractivity contribution in [3.05, 3.63) is 16.7 Å². The number of aliphatic hydroxyl groups excluding tert-OH is 1. The first-order valence-electron chi connectivity index (χ1n) is 7.26. The molecule has 0 amide bonds. The van der Waals surface area contributed by atoms with Crippen molar-refractivity contribution < 1.29 is 5.11 Å². The van der Waals surface area contributed by atoms with Gasteiger partial charge in [-0.25, -0.2) is 4.98 Å². The lowest BCUT2D eigenvalue weighted by atomic mass is 10.0. The molecule has 0 aliphatic carbocycles. The lowest BCUT2D eigenvalue weighted by molar-refractivity contribution is 0.251. The number of nitrogens with one attached hydrogen (secondary N) is 2. The molecule has 1 heterocycles. The number of halogens is 1. The smallest absolute Gasteiger partial charge is 0.151 e. The van der Waals surface area contributed by atoms with Crippen molar-refractivity contribution in [2.45, 2.75) is 52.5 Å². The Kier molecular flexibility index (Phi) is 8.10. The molecular formula is C14H26ClN3O. The van der Waals surface area contributed by atoms with Crippen LogP contribution in [0, 0.1) is 5.92 Å². The SMILES string of the molecule is CCCCc1nc(Cl)c(CNCC(CC)CCO)[nH]1. The second kappa shape index (κ2) is 9.34. The highest BCUT2D eigenvalue weighted by Gasteiger charge is 2.09. The maximum absolute atomic E-state index is 8.95. The lowest BCUT2D eigenvalue weighted by Gasteiger charge is -2.13. The minimum absolute atomic E-state index is 0.256. The fraction of sp³-hybridized carbons (Fsp3) is 0.786. The van der Waals surface area contributed by atoms with E-state index in [0.29, 0.717) is 17.6 Å². The summed E-state index contributed by atoms with van der Waals surface area (Å²) >= 11 is 6.11. The number of unbranched alkanes of at least 4 members (excludes halogenated alkanes) is 1. The van der Waals surface area contributed by atoms with Crippen LogP contribution in [0.4, 0.5) is 0 Å². The van der Waals surface area contributed by atoms with Crippen molar-refractivity contribution >= 4 is 11.6 Å². The molecule has 0 aliphatic heterocycles. The zero-order valence-electron chi connectivity index (χ0n) is 12.0.